The third kappa shape index (κ3) is 3.07. The lowest BCUT2D eigenvalue weighted by molar-refractivity contribution is 0.283. The zero-order chi connectivity index (χ0) is 14.9. The molecule has 0 amide bonds. The van der Waals surface area contributed by atoms with E-state index in [9.17, 15) is 17.2 Å². The Hall–Kier alpha value is -1.67. The van der Waals surface area contributed by atoms with Gasteiger partial charge in [-0.2, -0.15) is 9.49 Å². The summed E-state index contributed by atoms with van der Waals surface area (Å²) < 4.78 is 55.8. The van der Waals surface area contributed by atoms with Crippen LogP contribution in [0.2, 0.25) is 0 Å². The lowest BCUT2D eigenvalue weighted by atomic mass is 10.3. The fraction of sp³-hybridized carbons (Fsp3) is 0.182. The summed E-state index contributed by atoms with van der Waals surface area (Å²) in [6, 6.07) is 1.85. The molecule has 0 saturated carbocycles. The summed E-state index contributed by atoms with van der Waals surface area (Å²) in [6.45, 7) is -0.0306. The average Bonchev–Trinajstić information content (AvgIpc) is 2.75. The van der Waals surface area contributed by atoms with Crippen molar-refractivity contribution >= 4 is 19.7 Å². The molecule has 0 N–H and O–H groups in total. The lowest BCUT2D eigenvalue weighted by Gasteiger charge is -2.08. The van der Waals surface area contributed by atoms with Crippen LogP contribution in [0.15, 0.2) is 29.4 Å². The molecule has 0 bridgehead atoms. The third-order valence-electron chi connectivity index (χ3n) is 2.43. The van der Waals surface area contributed by atoms with Crippen LogP contribution in [0.1, 0.15) is 5.56 Å². The predicted molar refractivity (Wildman–Crippen MR) is 66.9 cm³/mol. The molecule has 0 unspecified atom stereocenters. The van der Waals surface area contributed by atoms with Crippen molar-refractivity contribution in [1.82, 2.24) is 9.78 Å². The van der Waals surface area contributed by atoms with Crippen LogP contribution in [-0.2, 0) is 22.7 Å². The van der Waals surface area contributed by atoms with Crippen molar-refractivity contribution in [2.24, 2.45) is 7.05 Å². The van der Waals surface area contributed by atoms with Gasteiger partial charge in [0, 0.05) is 29.5 Å². The van der Waals surface area contributed by atoms with Crippen molar-refractivity contribution in [3.05, 3.63) is 41.7 Å². The average molecular weight is 323 g/mol. The molecule has 2 aromatic rings. The Bertz CT molecular complexity index is 746. The maximum Gasteiger partial charge on any atom is 0.264 e. The van der Waals surface area contributed by atoms with Gasteiger partial charge in [-0.15, -0.1) is 0 Å². The van der Waals surface area contributed by atoms with Crippen LogP contribution in [0.4, 0.5) is 8.78 Å². The lowest BCUT2D eigenvalue weighted by Crippen LogP contribution is -2.03. The van der Waals surface area contributed by atoms with Gasteiger partial charge in [-0.05, 0) is 12.1 Å². The fourth-order valence-corrected chi connectivity index (χ4v) is 2.41. The van der Waals surface area contributed by atoms with Crippen LogP contribution < -0.4 is 4.74 Å². The first-order valence-corrected chi connectivity index (χ1v) is 7.63. The fourth-order valence-electron chi connectivity index (χ4n) is 1.52. The molecule has 0 radical (unpaired) electrons. The molecule has 5 nitrogen and oxygen atoms in total. The van der Waals surface area contributed by atoms with Crippen LogP contribution in [0.25, 0.3) is 0 Å². The minimum absolute atomic E-state index is 0.0306. The number of benzene rings is 1. The Morgan fingerprint density at radius 1 is 1.35 bits per heavy atom. The molecule has 0 aliphatic carbocycles. The highest BCUT2D eigenvalue weighted by atomic mass is 35.7. The van der Waals surface area contributed by atoms with Crippen molar-refractivity contribution in [3.63, 3.8) is 0 Å². The van der Waals surface area contributed by atoms with Crippen LogP contribution in [-0.4, -0.2) is 18.2 Å². The van der Waals surface area contributed by atoms with Gasteiger partial charge in [0.25, 0.3) is 9.05 Å². The van der Waals surface area contributed by atoms with Crippen LogP contribution in [0.5, 0.6) is 5.75 Å². The molecule has 1 aromatic carbocycles. The van der Waals surface area contributed by atoms with Crippen molar-refractivity contribution in [1.29, 1.82) is 0 Å². The molecule has 0 atom stereocenters. The number of rotatable bonds is 4. The monoisotopic (exact) mass is 322 g/mol. The first-order valence-electron chi connectivity index (χ1n) is 5.32. The molecule has 1 heterocycles. The Kier molecular flexibility index (Phi) is 3.96. The molecule has 0 saturated heterocycles. The second kappa shape index (κ2) is 5.37. The topological polar surface area (TPSA) is 61.2 Å². The molecule has 0 fully saturated rings. The highest BCUT2D eigenvalue weighted by Gasteiger charge is 2.22. The van der Waals surface area contributed by atoms with Gasteiger partial charge in [-0.3, -0.25) is 4.68 Å². The number of hydrogen-bond acceptors (Lipinski definition) is 4. The van der Waals surface area contributed by atoms with E-state index in [4.69, 9.17) is 15.4 Å². The number of halogens is 3. The van der Waals surface area contributed by atoms with Crippen LogP contribution in [0, 0.1) is 11.6 Å². The quantitative estimate of drug-likeness (QED) is 0.810. The molecule has 1 aromatic heterocycles. The third-order valence-corrected chi connectivity index (χ3v) is 3.77. The van der Waals surface area contributed by atoms with Gasteiger partial charge in [0.1, 0.15) is 11.5 Å². The van der Waals surface area contributed by atoms with Gasteiger partial charge in [0.2, 0.25) is 5.82 Å². The summed E-state index contributed by atoms with van der Waals surface area (Å²) in [5.41, 5.74) is 0.654. The van der Waals surface area contributed by atoms with Crippen molar-refractivity contribution < 1.29 is 21.9 Å². The molecule has 20 heavy (non-hydrogen) atoms. The van der Waals surface area contributed by atoms with Crippen LogP contribution >= 0.6 is 10.7 Å². The van der Waals surface area contributed by atoms with E-state index in [0.29, 0.717) is 5.56 Å². The van der Waals surface area contributed by atoms with E-state index in [1.165, 1.54) is 10.9 Å². The number of nitrogens with zero attached hydrogens (tertiary/aromatic N) is 2. The van der Waals surface area contributed by atoms with Gasteiger partial charge in [-0.1, -0.05) is 0 Å². The second-order valence-electron chi connectivity index (χ2n) is 3.94. The summed E-state index contributed by atoms with van der Waals surface area (Å²) >= 11 is 0. The van der Waals surface area contributed by atoms with E-state index < -0.39 is 31.3 Å². The summed E-state index contributed by atoms with van der Waals surface area (Å²) in [5.74, 6) is -3.38. The molecular formula is C11H9ClF2N2O3S. The van der Waals surface area contributed by atoms with E-state index in [0.717, 1.165) is 12.1 Å². The standard InChI is InChI=1S/C11H9ClF2N2O3S/c1-16-5-7(4-15-16)6-19-8-2-3-9(20(12,17)18)11(14)10(8)13/h2-5H,6H2,1H3. The molecular weight excluding hydrogens is 314 g/mol. The zero-order valence-electron chi connectivity index (χ0n) is 10.2. The highest BCUT2D eigenvalue weighted by molar-refractivity contribution is 8.13. The van der Waals surface area contributed by atoms with Gasteiger partial charge in [0.15, 0.2) is 11.6 Å². The molecule has 2 rings (SSSR count). The normalized spacial score (nSPS) is 11.6. The maximum absolute atomic E-state index is 13.7. The minimum atomic E-state index is -4.35. The molecule has 0 aliphatic rings. The van der Waals surface area contributed by atoms with E-state index in [2.05, 4.69) is 5.10 Å². The molecule has 0 spiro atoms. The SMILES string of the molecule is Cn1cc(COc2ccc(S(=O)(=O)Cl)c(F)c2F)cn1. The predicted octanol–water partition coefficient (Wildman–Crippen LogP) is 2.20. The van der Waals surface area contributed by atoms with Gasteiger partial charge >= 0.3 is 0 Å². The van der Waals surface area contributed by atoms with Gasteiger partial charge in [0.05, 0.1) is 6.20 Å². The van der Waals surface area contributed by atoms with Crippen molar-refractivity contribution in [2.45, 2.75) is 11.5 Å². The largest absolute Gasteiger partial charge is 0.486 e. The Labute approximate surface area is 118 Å². The van der Waals surface area contributed by atoms with Gasteiger partial charge in [-0.25, -0.2) is 12.8 Å². The molecule has 0 aliphatic heterocycles. The van der Waals surface area contributed by atoms with Crippen molar-refractivity contribution in [3.8, 4) is 5.75 Å². The van der Waals surface area contributed by atoms with E-state index in [1.807, 2.05) is 0 Å². The summed E-state index contributed by atoms with van der Waals surface area (Å²) in [5, 5.41) is 3.89. The number of hydrogen-bond donors (Lipinski definition) is 0. The summed E-state index contributed by atoms with van der Waals surface area (Å²) in [4.78, 5) is -0.926. The number of aryl methyl sites for hydroxylation is 1. The van der Waals surface area contributed by atoms with E-state index in [1.54, 1.807) is 13.2 Å². The minimum Gasteiger partial charge on any atom is -0.486 e. The van der Waals surface area contributed by atoms with E-state index >= 15 is 0 Å². The molecule has 9 heteroatoms. The van der Waals surface area contributed by atoms with Crippen molar-refractivity contribution in [2.75, 3.05) is 0 Å². The maximum atomic E-state index is 13.7. The second-order valence-corrected chi connectivity index (χ2v) is 6.47. The summed E-state index contributed by atoms with van der Waals surface area (Å²) in [6.07, 6.45) is 3.15. The Morgan fingerprint density at radius 3 is 2.60 bits per heavy atom. The Morgan fingerprint density at radius 2 is 2.05 bits per heavy atom. The first-order chi connectivity index (χ1) is 9.29. The Balaban J connectivity index is 2.24. The summed E-state index contributed by atoms with van der Waals surface area (Å²) in [7, 11) is 2.33. The first kappa shape index (κ1) is 14.7. The van der Waals surface area contributed by atoms with E-state index in [-0.39, 0.29) is 6.61 Å². The molecule has 108 valence electrons. The smallest absolute Gasteiger partial charge is 0.264 e. The van der Waals surface area contributed by atoms with Crippen LogP contribution in [0.3, 0.4) is 0 Å². The zero-order valence-corrected chi connectivity index (χ0v) is 11.8. The van der Waals surface area contributed by atoms with Gasteiger partial charge < -0.3 is 4.74 Å². The number of ether oxygens (including phenoxy) is 1. The highest BCUT2D eigenvalue weighted by Crippen LogP contribution is 2.27. The number of aromatic nitrogens is 2.